The lowest BCUT2D eigenvalue weighted by molar-refractivity contribution is 0.103. The molecule has 0 bridgehead atoms. The second-order valence-electron chi connectivity index (χ2n) is 5.73. The highest BCUT2D eigenvalue weighted by Crippen LogP contribution is 2.26. The van der Waals surface area contributed by atoms with E-state index < -0.39 is 0 Å². The second-order valence-corrected chi connectivity index (χ2v) is 7.15. The number of carbonyl (C=O) groups excluding carboxylic acids is 1. The van der Waals surface area contributed by atoms with E-state index in [-0.39, 0.29) is 5.91 Å². The van der Waals surface area contributed by atoms with Crippen LogP contribution < -0.4 is 10.6 Å². The molecule has 0 spiro atoms. The molecule has 2 heterocycles. The average molecular weight is 373 g/mol. The normalized spacial score (nSPS) is 10.6. The lowest BCUT2D eigenvalue weighted by Gasteiger charge is -2.12. The minimum atomic E-state index is -0.181. The Hall–Kier alpha value is -2.44. The summed E-state index contributed by atoms with van der Waals surface area (Å²) in [6.07, 6.45) is 1.55. The molecule has 25 heavy (non-hydrogen) atoms. The van der Waals surface area contributed by atoms with E-state index in [9.17, 15) is 4.79 Å². The van der Waals surface area contributed by atoms with Crippen molar-refractivity contribution in [3.63, 3.8) is 0 Å². The molecule has 5 nitrogen and oxygen atoms in total. The van der Waals surface area contributed by atoms with E-state index in [1.165, 1.54) is 16.9 Å². The van der Waals surface area contributed by atoms with Crippen LogP contribution in [0.5, 0.6) is 0 Å². The highest BCUT2D eigenvalue weighted by Gasteiger charge is 2.14. The van der Waals surface area contributed by atoms with Gasteiger partial charge < -0.3 is 10.6 Å². The zero-order valence-corrected chi connectivity index (χ0v) is 15.6. The lowest BCUT2D eigenvalue weighted by atomic mass is 10.1. The predicted molar refractivity (Wildman–Crippen MR) is 103 cm³/mol. The number of amides is 1. The summed E-state index contributed by atoms with van der Waals surface area (Å²) in [5.74, 6) is 0.402. The molecule has 0 aliphatic rings. The van der Waals surface area contributed by atoms with Crippen molar-refractivity contribution in [1.82, 2.24) is 9.97 Å². The summed E-state index contributed by atoms with van der Waals surface area (Å²) in [4.78, 5) is 21.4. The zero-order valence-electron chi connectivity index (χ0n) is 14.1. The quantitative estimate of drug-likeness (QED) is 0.624. The van der Waals surface area contributed by atoms with Crippen LogP contribution in [0, 0.1) is 20.8 Å². The van der Waals surface area contributed by atoms with Crippen LogP contribution in [0.2, 0.25) is 5.15 Å². The molecule has 0 aliphatic carbocycles. The van der Waals surface area contributed by atoms with E-state index in [4.69, 9.17) is 11.6 Å². The van der Waals surface area contributed by atoms with Crippen molar-refractivity contribution < 1.29 is 4.79 Å². The first kappa shape index (κ1) is 17.4. The first-order valence-corrected chi connectivity index (χ1v) is 8.86. The fourth-order valence-corrected chi connectivity index (χ4v) is 3.46. The van der Waals surface area contributed by atoms with Crippen molar-refractivity contribution in [2.24, 2.45) is 0 Å². The number of carbonyl (C=O) groups is 1. The van der Waals surface area contributed by atoms with Gasteiger partial charge in [0.15, 0.2) is 5.13 Å². The Morgan fingerprint density at radius 2 is 1.88 bits per heavy atom. The third-order valence-electron chi connectivity index (χ3n) is 3.60. The number of aryl methyl sites for hydroxylation is 3. The van der Waals surface area contributed by atoms with Gasteiger partial charge in [-0.05, 0) is 44.0 Å². The van der Waals surface area contributed by atoms with Gasteiger partial charge in [0.05, 0.1) is 6.20 Å². The van der Waals surface area contributed by atoms with E-state index in [1.807, 2.05) is 32.9 Å². The molecule has 3 aromatic rings. The van der Waals surface area contributed by atoms with Crippen molar-refractivity contribution in [3.05, 3.63) is 63.2 Å². The molecule has 0 fully saturated rings. The first-order chi connectivity index (χ1) is 11.9. The third-order valence-corrected chi connectivity index (χ3v) is 4.72. The molecule has 3 rings (SSSR count). The average Bonchev–Trinajstić information content (AvgIpc) is 2.99. The number of thiazole rings is 1. The highest BCUT2D eigenvalue weighted by atomic mass is 35.5. The summed E-state index contributed by atoms with van der Waals surface area (Å²) in [7, 11) is 0. The zero-order chi connectivity index (χ0) is 18.0. The number of nitrogens with zero attached hydrogens (tertiary/aromatic N) is 2. The van der Waals surface area contributed by atoms with Gasteiger partial charge in [-0.3, -0.25) is 4.79 Å². The summed E-state index contributed by atoms with van der Waals surface area (Å²) in [6, 6.07) is 9.37. The van der Waals surface area contributed by atoms with E-state index in [0.717, 1.165) is 16.8 Å². The summed E-state index contributed by atoms with van der Waals surface area (Å²) in [5.41, 5.74) is 4.09. The van der Waals surface area contributed by atoms with Gasteiger partial charge in [0.2, 0.25) is 0 Å². The Balaban J connectivity index is 1.75. The summed E-state index contributed by atoms with van der Waals surface area (Å²) in [5, 5.41) is 7.00. The number of rotatable bonds is 4. The SMILES string of the molecule is Cc1cc(C)c(NC(=O)c2cnc(Nc3cccc(Cl)n3)s2)c(C)c1. The molecule has 2 aromatic heterocycles. The largest absolute Gasteiger partial charge is 0.321 e. The topological polar surface area (TPSA) is 66.9 Å². The number of benzene rings is 1. The number of hydrogen-bond donors (Lipinski definition) is 2. The molecule has 0 unspecified atom stereocenters. The van der Waals surface area contributed by atoms with Gasteiger partial charge in [0.1, 0.15) is 15.8 Å². The van der Waals surface area contributed by atoms with Crippen molar-refractivity contribution in [2.75, 3.05) is 10.6 Å². The molecule has 2 N–H and O–H groups in total. The Morgan fingerprint density at radius 1 is 1.16 bits per heavy atom. The van der Waals surface area contributed by atoms with Gasteiger partial charge in [-0.1, -0.05) is 46.7 Å². The number of anilines is 3. The van der Waals surface area contributed by atoms with E-state index in [0.29, 0.717) is 21.0 Å². The van der Waals surface area contributed by atoms with Gasteiger partial charge in [0.25, 0.3) is 5.91 Å². The predicted octanol–water partition coefficient (Wildman–Crippen LogP) is 5.11. The standard InChI is InChI=1S/C18H17ClN4OS/c1-10-7-11(2)16(12(3)8-10)23-17(24)13-9-20-18(25-13)22-15-6-4-5-14(19)21-15/h4-9H,1-3H3,(H,23,24)(H,20,21,22). The maximum Gasteiger partial charge on any atom is 0.267 e. The minimum Gasteiger partial charge on any atom is -0.321 e. The van der Waals surface area contributed by atoms with Gasteiger partial charge in [-0.15, -0.1) is 0 Å². The lowest BCUT2D eigenvalue weighted by Crippen LogP contribution is -2.12. The molecule has 0 radical (unpaired) electrons. The molecule has 0 aliphatic heterocycles. The first-order valence-electron chi connectivity index (χ1n) is 7.67. The molecule has 1 amide bonds. The molecule has 1 aromatic carbocycles. The maximum absolute atomic E-state index is 12.5. The Labute approximate surface area is 155 Å². The van der Waals surface area contributed by atoms with Crippen LogP contribution in [-0.4, -0.2) is 15.9 Å². The Kier molecular flexibility index (Phi) is 5.01. The number of pyridine rings is 1. The van der Waals surface area contributed by atoms with Gasteiger partial charge in [0, 0.05) is 5.69 Å². The van der Waals surface area contributed by atoms with Crippen LogP contribution >= 0.6 is 22.9 Å². The van der Waals surface area contributed by atoms with E-state index >= 15 is 0 Å². The van der Waals surface area contributed by atoms with Crippen LogP contribution in [0.1, 0.15) is 26.4 Å². The third kappa shape index (κ3) is 4.15. The van der Waals surface area contributed by atoms with Crippen molar-refractivity contribution in [3.8, 4) is 0 Å². The van der Waals surface area contributed by atoms with Crippen LogP contribution in [0.25, 0.3) is 0 Å². The molecule has 0 saturated carbocycles. The van der Waals surface area contributed by atoms with Gasteiger partial charge >= 0.3 is 0 Å². The smallest absolute Gasteiger partial charge is 0.267 e. The van der Waals surface area contributed by atoms with Crippen LogP contribution in [0.4, 0.5) is 16.6 Å². The van der Waals surface area contributed by atoms with Crippen LogP contribution in [0.3, 0.4) is 0 Å². The van der Waals surface area contributed by atoms with Crippen molar-refractivity contribution in [1.29, 1.82) is 0 Å². The van der Waals surface area contributed by atoms with E-state index in [2.05, 4.69) is 20.6 Å². The number of aromatic nitrogens is 2. The monoisotopic (exact) mass is 372 g/mol. The highest BCUT2D eigenvalue weighted by molar-refractivity contribution is 7.17. The summed E-state index contributed by atoms with van der Waals surface area (Å²) >= 11 is 7.12. The number of halogens is 1. The van der Waals surface area contributed by atoms with Crippen LogP contribution in [-0.2, 0) is 0 Å². The summed E-state index contributed by atoms with van der Waals surface area (Å²) < 4.78 is 0. The second kappa shape index (κ2) is 7.21. The number of hydrogen-bond acceptors (Lipinski definition) is 5. The number of nitrogens with one attached hydrogen (secondary N) is 2. The molecular formula is C18H17ClN4OS. The summed E-state index contributed by atoms with van der Waals surface area (Å²) in [6.45, 7) is 6.01. The molecule has 0 atom stereocenters. The minimum absolute atomic E-state index is 0.181. The fourth-order valence-electron chi connectivity index (χ4n) is 2.58. The van der Waals surface area contributed by atoms with Crippen molar-refractivity contribution >= 4 is 45.5 Å². The van der Waals surface area contributed by atoms with Crippen molar-refractivity contribution in [2.45, 2.75) is 20.8 Å². The molecule has 0 saturated heterocycles. The van der Waals surface area contributed by atoms with E-state index in [1.54, 1.807) is 24.4 Å². The fraction of sp³-hybridized carbons (Fsp3) is 0.167. The molecule has 7 heteroatoms. The maximum atomic E-state index is 12.5. The van der Waals surface area contributed by atoms with Crippen LogP contribution in [0.15, 0.2) is 36.5 Å². The molecular weight excluding hydrogens is 356 g/mol. The Bertz CT molecular complexity index is 915. The van der Waals surface area contributed by atoms with Gasteiger partial charge in [-0.2, -0.15) is 0 Å². The van der Waals surface area contributed by atoms with Gasteiger partial charge in [-0.25, -0.2) is 9.97 Å². The molecule has 128 valence electrons. The Morgan fingerprint density at radius 3 is 2.56 bits per heavy atom.